The van der Waals surface area contributed by atoms with E-state index in [1.165, 1.54) is 0 Å². The number of carbonyl (C=O) groups excluding carboxylic acids is 1. The topological polar surface area (TPSA) is 45.2 Å². The van der Waals surface area contributed by atoms with E-state index in [9.17, 15) is 4.79 Å². The van der Waals surface area contributed by atoms with Crippen molar-refractivity contribution in [1.82, 2.24) is 10.3 Å². The second kappa shape index (κ2) is 6.37. The number of carbonyl (C=O) groups is 1. The van der Waals surface area contributed by atoms with Crippen LogP contribution in [0, 0.1) is 5.92 Å². The summed E-state index contributed by atoms with van der Waals surface area (Å²) in [4.78, 5) is 18.6. The van der Waals surface area contributed by atoms with Crippen LogP contribution in [0.5, 0.6) is 0 Å². The van der Waals surface area contributed by atoms with Gasteiger partial charge >= 0.3 is 0 Å². The van der Waals surface area contributed by atoms with E-state index < -0.39 is 0 Å². The Bertz CT molecular complexity index is 442. The number of anilines is 1. The van der Waals surface area contributed by atoms with Gasteiger partial charge in [-0.25, -0.2) is 4.98 Å². The number of halogens is 1. The predicted octanol–water partition coefficient (Wildman–Crippen LogP) is 2.59. The van der Waals surface area contributed by atoms with Crippen molar-refractivity contribution in [2.24, 2.45) is 5.92 Å². The lowest BCUT2D eigenvalue weighted by Gasteiger charge is -2.32. The van der Waals surface area contributed by atoms with Crippen LogP contribution in [0.3, 0.4) is 0 Å². The number of hydrogen-bond acceptors (Lipinski definition) is 3. The summed E-state index contributed by atoms with van der Waals surface area (Å²) >= 11 is 3.53. The molecule has 0 aliphatic carbocycles. The largest absolute Gasteiger partial charge is 0.356 e. The summed E-state index contributed by atoms with van der Waals surface area (Å²) in [6.07, 6.45) is 3.58. The van der Waals surface area contributed by atoms with Gasteiger partial charge in [-0.1, -0.05) is 0 Å². The van der Waals surface area contributed by atoms with Crippen molar-refractivity contribution in [3.63, 3.8) is 0 Å². The van der Waals surface area contributed by atoms with E-state index in [1.807, 2.05) is 26.0 Å². The van der Waals surface area contributed by atoms with Crippen molar-refractivity contribution in [3.05, 3.63) is 22.8 Å². The van der Waals surface area contributed by atoms with E-state index in [2.05, 4.69) is 31.1 Å². The molecular weight excluding hydrogens is 306 g/mol. The monoisotopic (exact) mass is 325 g/mol. The molecule has 0 atom stereocenters. The number of pyridine rings is 1. The molecule has 104 valence electrons. The predicted molar refractivity (Wildman–Crippen MR) is 80.2 cm³/mol. The zero-order valence-electron chi connectivity index (χ0n) is 11.4. The molecular formula is C14H20BrN3O. The van der Waals surface area contributed by atoms with Gasteiger partial charge in [-0.3, -0.25) is 4.79 Å². The maximum atomic E-state index is 12.0. The van der Waals surface area contributed by atoms with Crippen molar-refractivity contribution in [3.8, 4) is 0 Å². The molecule has 1 saturated heterocycles. The molecule has 1 fully saturated rings. The second-order valence-electron chi connectivity index (χ2n) is 5.23. The van der Waals surface area contributed by atoms with E-state index in [0.717, 1.165) is 36.2 Å². The highest BCUT2D eigenvalue weighted by atomic mass is 79.9. The lowest BCUT2D eigenvalue weighted by atomic mass is 9.95. The van der Waals surface area contributed by atoms with Gasteiger partial charge in [0.1, 0.15) is 5.82 Å². The molecule has 0 spiro atoms. The van der Waals surface area contributed by atoms with Crippen molar-refractivity contribution in [2.75, 3.05) is 18.0 Å². The fraction of sp³-hybridized carbons (Fsp3) is 0.571. The van der Waals surface area contributed by atoms with E-state index in [4.69, 9.17) is 0 Å². The van der Waals surface area contributed by atoms with Gasteiger partial charge in [0, 0.05) is 31.2 Å². The molecule has 2 rings (SSSR count). The number of amides is 1. The van der Waals surface area contributed by atoms with Crippen molar-refractivity contribution in [2.45, 2.75) is 32.7 Å². The Kier molecular flexibility index (Phi) is 4.80. The van der Waals surface area contributed by atoms with Crippen LogP contribution in [0.1, 0.15) is 26.7 Å². The Labute approximate surface area is 122 Å². The van der Waals surface area contributed by atoms with Gasteiger partial charge in [0.2, 0.25) is 5.91 Å². The van der Waals surface area contributed by atoms with Gasteiger partial charge in [-0.2, -0.15) is 0 Å². The standard InChI is InChI=1S/C14H20BrN3O/c1-10(2)17-14(19)11-5-8-18(9-6-11)13-12(15)4-3-7-16-13/h3-4,7,10-11H,5-6,8-9H2,1-2H3,(H,17,19). The molecule has 4 nitrogen and oxygen atoms in total. The minimum atomic E-state index is 0.140. The van der Waals surface area contributed by atoms with Crippen molar-refractivity contribution < 1.29 is 4.79 Å². The Balaban J connectivity index is 1.93. The number of nitrogens with one attached hydrogen (secondary N) is 1. The number of piperidine rings is 1. The molecule has 0 bridgehead atoms. The highest BCUT2D eigenvalue weighted by molar-refractivity contribution is 9.10. The molecule has 0 aromatic carbocycles. The number of aromatic nitrogens is 1. The van der Waals surface area contributed by atoms with E-state index in [0.29, 0.717) is 0 Å². The maximum absolute atomic E-state index is 12.0. The molecule has 1 amide bonds. The molecule has 2 heterocycles. The summed E-state index contributed by atoms with van der Waals surface area (Å²) in [5, 5.41) is 3.00. The normalized spacial score (nSPS) is 16.7. The van der Waals surface area contributed by atoms with E-state index in [1.54, 1.807) is 6.20 Å². The summed E-state index contributed by atoms with van der Waals surface area (Å²) in [7, 11) is 0. The van der Waals surface area contributed by atoms with Crippen LogP contribution >= 0.6 is 15.9 Å². The van der Waals surface area contributed by atoms with Gasteiger partial charge < -0.3 is 10.2 Å². The molecule has 1 aliphatic heterocycles. The van der Waals surface area contributed by atoms with Gasteiger partial charge in [0.05, 0.1) is 4.47 Å². The van der Waals surface area contributed by atoms with Crippen LogP contribution < -0.4 is 10.2 Å². The Morgan fingerprint density at radius 1 is 1.47 bits per heavy atom. The van der Waals surface area contributed by atoms with Gasteiger partial charge in [-0.05, 0) is 54.8 Å². The Morgan fingerprint density at radius 3 is 2.74 bits per heavy atom. The van der Waals surface area contributed by atoms with Crippen LogP contribution in [-0.2, 0) is 4.79 Å². The Hall–Kier alpha value is -1.10. The number of rotatable bonds is 3. The van der Waals surface area contributed by atoms with Crippen molar-refractivity contribution >= 4 is 27.7 Å². The first-order valence-corrected chi connectivity index (χ1v) is 7.53. The minimum Gasteiger partial charge on any atom is -0.356 e. The molecule has 19 heavy (non-hydrogen) atoms. The molecule has 1 N–H and O–H groups in total. The summed E-state index contributed by atoms with van der Waals surface area (Å²) in [6, 6.07) is 4.13. The van der Waals surface area contributed by atoms with Crippen molar-refractivity contribution in [1.29, 1.82) is 0 Å². The average Bonchev–Trinajstić information content (AvgIpc) is 2.39. The van der Waals surface area contributed by atoms with Crippen LogP contribution in [0.25, 0.3) is 0 Å². The highest BCUT2D eigenvalue weighted by Gasteiger charge is 2.26. The lowest BCUT2D eigenvalue weighted by Crippen LogP contribution is -2.42. The van der Waals surface area contributed by atoms with Crippen LogP contribution in [0.2, 0.25) is 0 Å². The molecule has 1 aromatic rings. The molecule has 0 saturated carbocycles. The number of nitrogens with zero attached hydrogens (tertiary/aromatic N) is 2. The maximum Gasteiger partial charge on any atom is 0.223 e. The van der Waals surface area contributed by atoms with Crippen LogP contribution in [-0.4, -0.2) is 30.0 Å². The molecule has 0 unspecified atom stereocenters. The number of hydrogen-bond donors (Lipinski definition) is 1. The zero-order chi connectivity index (χ0) is 13.8. The average molecular weight is 326 g/mol. The fourth-order valence-electron chi connectivity index (χ4n) is 2.37. The van der Waals surface area contributed by atoms with Gasteiger partial charge in [0.25, 0.3) is 0 Å². The van der Waals surface area contributed by atoms with E-state index in [-0.39, 0.29) is 17.9 Å². The molecule has 0 radical (unpaired) electrons. The smallest absolute Gasteiger partial charge is 0.223 e. The quantitative estimate of drug-likeness (QED) is 0.929. The summed E-state index contributed by atoms with van der Waals surface area (Å²) in [5.41, 5.74) is 0. The first-order chi connectivity index (χ1) is 9.08. The Morgan fingerprint density at radius 2 is 2.16 bits per heavy atom. The third-order valence-corrected chi connectivity index (χ3v) is 3.95. The second-order valence-corrected chi connectivity index (χ2v) is 6.09. The summed E-state index contributed by atoms with van der Waals surface area (Å²) in [6.45, 7) is 5.76. The fourth-order valence-corrected chi connectivity index (χ4v) is 2.87. The first kappa shape index (κ1) is 14.3. The highest BCUT2D eigenvalue weighted by Crippen LogP contribution is 2.27. The van der Waals surface area contributed by atoms with Gasteiger partial charge in [0.15, 0.2) is 0 Å². The molecule has 1 aliphatic rings. The third kappa shape index (κ3) is 3.69. The summed E-state index contributed by atoms with van der Waals surface area (Å²) < 4.78 is 1.01. The summed E-state index contributed by atoms with van der Waals surface area (Å²) in [5.74, 6) is 1.31. The van der Waals surface area contributed by atoms with E-state index >= 15 is 0 Å². The first-order valence-electron chi connectivity index (χ1n) is 6.73. The van der Waals surface area contributed by atoms with Crippen LogP contribution in [0.4, 0.5) is 5.82 Å². The molecule has 1 aromatic heterocycles. The third-order valence-electron chi connectivity index (χ3n) is 3.34. The molecule has 5 heteroatoms. The lowest BCUT2D eigenvalue weighted by molar-refractivity contribution is -0.126. The minimum absolute atomic E-state index is 0.140. The zero-order valence-corrected chi connectivity index (χ0v) is 13.0. The SMILES string of the molecule is CC(C)NC(=O)C1CCN(c2ncccc2Br)CC1. The van der Waals surface area contributed by atoms with Gasteiger partial charge in [-0.15, -0.1) is 0 Å². The van der Waals surface area contributed by atoms with Crippen LogP contribution in [0.15, 0.2) is 22.8 Å².